The molecule has 0 aliphatic carbocycles. The first-order valence-corrected chi connectivity index (χ1v) is 12.4. The van der Waals surface area contributed by atoms with Crippen molar-refractivity contribution in [1.29, 1.82) is 0 Å². The molecule has 6 nitrogen and oxygen atoms in total. The minimum Gasteiger partial charge on any atom is -0.497 e. The van der Waals surface area contributed by atoms with Crippen LogP contribution in [0.15, 0.2) is 73.3 Å². The Hall–Kier alpha value is -3.32. The molecule has 0 aliphatic heterocycles. The Morgan fingerprint density at radius 3 is 2.18 bits per heavy atom. The number of hydrogen-bond donors (Lipinski definition) is 1. The molecule has 0 spiro atoms. The maximum absolute atomic E-state index is 12.7. The van der Waals surface area contributed by atoms with Crippen molar-refractivity contribution in [3.63, 3.8) is 0 Å². The van der Waals surface area contributed by atoms with Crippen LogP contribution in [0.4, 0.5) is 0 Å². The van der Waals surface area contributed by atoms with Gasteiger partial charge in [0.2, 0.25) is 10.0 Å². The standard InChI is InChI=1S/C19H17NO5S.C5H10.C2H6/c1-3-12-26(23,24)20-16-7-5-4-6-15(16)17(18(20)19(21)22)13-8-10-14(25-2)11-9-13;1-3-5-4-2;1-2/h3-11H,1,12H2,2H3,(H,21,22);3,5H,4H2,1-2H3;1-2H3/b;5-3-;. The topological polar surface area (TPSA) is 85.6 Å². The summed E-state index contributed by atoms with van der Waals surface area (Å²) in [5, 5.41) is 10.3. The number of allylic oxidation sites excluding steroid dienone is 2. The predicted octanol–water partition coefficient (Wildman–Crippen LogP) is 6.38. The number of carboxylic acid groups (broad SMARTS) is 1. The van der Waals surface area contributed by atoms with Crippen LogP contribution in [0, 0.1) is 0 Å². The Labute approximate surface area is 196 Å². The highest BCUT2D eigenvalue weighted by atomic mass is 32.2. The monoisotopic (exact) mass is 471 g/mol. The van der Waals surface area contributed by atoms with Crippen molar-refractivity contribution in [3.8, 4) is 16.9 Å². The molecule has 1 N–H and O–H groups in total. The molecule has 33 heavy (non-hydrogen) atoms. The van der Waals surface area contributed by atoms with E-state index in [1.165, 1.54) is 13.2 Å². The van der Waals surface area contributed by atoms with Gasteiger partial charge >= 0.3 is 5.97 Å². The van der Waals surface area contributed by atoms with Gasteiger partial charge in [-0.25, -0.2) is 17.2 Å². The minimum absolute atomic E-state index is 0.293. The summed E-state index contributed by atoms with van der Waals surface area (Å²) in [6.45, 7) is 11.6. The van der Waals surface area contributed by atoms with E-state index in [-0.39, 0.29) is 11.4 Å². The summed E-state index contributed by atoms with van der Waals surface area (Å²) in [5.41, 5.74) is 0.964. The quantitative estimate of drug-likeness (QED) is 0.404. The van der Waals surface area contributed by atoms with E-state index in [4.69, 9.17) is 4.74 Å². The number of benzene rings is 2. The van der Waals surface area contributed by atoms with Gasteiger partial charge in [0.25, 0.3) is 0 Å². The Morgan fingerprint density at radius 2 is 1.73 bits per heavy atom. The highest BCUT2D eigenvalue weighted by molar-refractivity contribution is 7.90. The molecular weight excluding hydrogens is 438 g/mol. The molecule has 0 radical (unpaired) electrons. The molecule has 0 saturated heterocycles. The molecule has 3 rings (SSSR count). The van der Waals surface area contributed by atoms with Crippen molar-refractivity contribution in [2.24, 2.45) is 0 Å². The Kier molecular flexibility index (Phi) is 11.2. The van der Waals surface area contributed by atoms with Gasteiger partial charge in [-0.05, 0) is 37.1 Å². The summed E-state index contributed by atoms with van der Waals surface area (Å²) in [6, 6.07) is 13.5. The zero-order valence-electron chi connectivity index (χ0n) is 19.9. The summed E-state index contributed by atoms with van der Waals surface area (Å²) < 4.78 is 31.5. The first kappa shape index (κ1) is 27.7. The summed E-state index contributed by atoms with van der Waals surface area (Å²) in [6.07, 6.45) is 6.58. The largest absolute Gasteiger partial charge is 0.497 e. The molecule has 0 fully saturated rings. The van der Waals surface area contributed by atoms with Crippen LogP contribution in [0.1, 0.15) is 44.6 Å². The molecule has 0 amide bonds. The van der Waals surface area contributed by atoms with Gasteiger partial charge in [0.15, 0.2) is 5.69 Å². The lowest BCUT2D eigenvalue weighted by Crippen LogP contribution is -2.20. The smallest absolute Gasteiger partial charge is 0.354 e. The summed E-state index contributed by atoms with van der Waals surface area (Å²) >= 11 is 0. The van der Waals surface area contributed by atoms with Crippen LogP contribution < -0.4 is 4.74 Å². The number of ether oxygens (including phenoxy) is 1. The zero-order chi connectivity index (χ0) is 25.0. The van der Waals surface area contributed by atoms with Crippen molar-refractivity contribution in [2.45, 2.75) is 34.1 Å². The average Bonchev–Trinajstić information content (AvgIpc) is 3.18. The molecule has 2 aromatic carbocycles. The fourth-order valence-corrected chi connectivity index (χ4v) is 4.56. The van der Waals surface area contributed by atoms with Crippen LogP contribution >= 0.6 is 0 Å². The van der Waals surface area contributed by atoms with E-state index in [0.717, 1.165) is 10.4 Å². The normalized spacial score (nSPS) is 10.7. The van der Waals surface area contributed by atoms with E-state index in [1.807, 2.05) is 20.8 Å². The molecule has 0 unspecified atom stereocenters. The number of hydrogen-bond acceptors (Lipinski definition) is 4. The summed E-state index contributed by atoms with van der Waals surface area (Å²) in [5.74, 6) is -1.07. The van der Waals surface area contributed by atoms with Gasteiger partial charge in [0.05, 0.1) is 18.4 Å². The third kappa shape index (κ3) is 6.58. The van der Waals surface area contributed by atoms with Crippen LogP contribution in [0.25, 0.3) is 22.0 Å². The summed E-state index contributed by atoms with van der Waals surface area (Å²) in [7, 11) is -2.39. The number of nitrogens with zero attached hydrogens (tertiary/aromatic N) is 1. The van der Waals surface area contributed by atoms with Crippen LogP contribution in [-0.4, -0.2) is 36.3 Å². The van der Waals surface area contributed by atoms with Crippen molar-refractivity contribution < 1.29 is 23.1 Å². The number of methoxy groups -OCH3 is 1. The first-order valence-electron chi connectivity index (χ1n) is 10.8. The number of rotatable bonds is 7. The van der Waals surface area contributed by atoms with Crippen molar-refractivity contribution in [1.82, 2.24) is 3.97 Å². The molecule has 1 heterocycles. The van der Waals surface area contributed by atoms with Crippen molar-refractivity contribution in [3.05, 3.63) is 79.0 Å². The van der Waals surface area contributed by atoms with E-state index in [2.05, 4.69) is 25.7 Å². The molecule has 178 valence electrons. The second kappa shape index (κ2) is 13.3. The van der Waals surface area contributed by atoms with E-state index in [0.29, 0.717) is 27.8 Å². The summed E-state index contributed by atoms with van der Waals surface area (Å²) in [4.78, 5) is 12.0. The van der Waals surface area contributed by atoms with Crippen molar-refractivity contribution in [2.75, 3.05) is 12.9 Å². The SMILES string of the molecule is C/C=C\CC.C=CCS(=O)(=O)n1c(C(=O)O)c(-c2ccc(OC)cc2)c2ccccc21.CC. The number of aromatic carboxylic acids is 1. The number of carboxylic acids is 1. The van der Waals surface area contributed by atoms with Crippen LogP contribution in [0.2, 0.25) is 0 Å². The Balaban J connectivity index is 0.000000689. The second-order valence-corrected chi connectivity index (χ2v) is 8.45. The van der Waals surface area contributed by atoms with Gasteiger partial charge in [-0.1, -0.05) is 69.3 Å². The maximum Gasteiger partial charge on any atom is 0.354 e. The second-order valence-electron chi connectivity index (χ2n) is 6.58. The van der Waals surface area contributed by atoms with E-state index in [1.54, 1.807) is 48.5 Å². The lowest BCUT2D eigenvalue weighted by atomic mass is 10.0. The fraction of sp³-hybridized carbons (Fsp3) is 0.269. The van der Waals surface area contributed by atoms with E-state index < -0.39 is 16.0 Å². The van der Waals surface area contributed by atoms with Gasteiger partial charge in [0, 0.05) is 10.9 Å². The molecular formula is C26H33NO5S. The lowest BCUT2D eigenvalue weighted by Gasteiger charge is -2.09. The van der Waals surface area contributed by atoms with E-state index >= 15 is 0 Å². The highest BCUT2D eigenvalue weighted by Gasteiger charge is 2.29. The first-order chi connectivity index (χ1) is 15.8. The third-order valence-corrected chi connectivity index (χ3v) is 6.08. The lowest BCUT2D eigenvalue weighted by molar-refractivity contribution is 0.0690. The van der Waals surface area contributed by atoms with Gasteiger partial charge in [0.1, 0.15) is 5.75 Å². The van der Waals surface area contributed by atoms with Crippen molar-refractivity contribution >= 4 is 26.9 Å². The highest BCUT2D eigenvalue weighted by Crippen LogP contribution is 2.36. The molecule has 0 saturated carbocycles. The Morgan fingerprint density at radius 1 is 1.12 bits per heavy atom. The number of para-hydroxylation sites is 1. The van der Waals surface area contributed by atoms with Crippen LogP contribution in [-0.2, 0) is 10.0 Å². The van der Waals surface area contributed by atoms with E-state index in [9.17, 15) is 18.3 Å². The number of aromatic nitrogens is 1. The van der Waals surface area contributed by atoms with Gasteiger partial charge in [-0.2, -0.15) is 0 Å². The van der Waals surface area contributed by atoms with Gasteiger partial charge in [-0.3, -0.25) is 0 Å². The molecule has 1 aromatic heterocycles. The molecule has 0 aliphatic rings. The zero-order valence-corrected chi connectivity index (χ0v) is 20.7. The fourth-order valence-electron chi connectivity index (χ4n) is 3.20. The minimum atomic E-state index is -3.92. The number of fused-ring (bicyclic) bond motifs is 1. The molecule has 0 atom stereocenters. The van der Waals surface area contributed by atoms with Gasteiger partial charge < -0.3 is 9.84 Å². The van der Waals surface area contributed by atoms with Crippen LogP contribution in [0.5, 0.6) is 5.75 Å². The number of carbonyl (C=O) groups is 1. The maximum atomic E-state index is 12.7. The van der Waals surface area contributed by atoms with Crippen LogP contribution in [0.3, 0.4) is 0 Å². The molecule has 3 aromatic rings. The molecule has 0 bridgehead atoms. The van der Waals surface area contributed by atoms with Gasteiger partial charge in [-0.15, -0.1) is 6.58 Å². The predicted molar refractivity (Wildman–Crippen MR) is 137 cm³/mol. The Bertz CT molecular complexity index is 1190. The molecule has 7 heteroatoms. The average molecular weight is 472 g/mol. The third-order valence-electron chi connectivity index (χ3n) is 4.49.